The summed E-state index contributed by atoms with van der Waals surface area (Å²) in [4.78, 5) is 21.2. The number of carbonyl (C=O) groups is 1. The van der Waals surface area contributed by atoms with Gasteiger partial charge < -0.3 is 18.9 Å². The number of nitro benzene ring substituents is 1. The van der Waals surface area contributed by atoms with E-state index in [4.69, 9.17) is 14.2 Å². The van der Waals surface area contributed by atoms with Crippen LogP contribution in [0.15, 0.2) is 24.3 Å². The van der Waals surface area contributed by atoms with E-state index in [0.29, 0.717) is 26.2 Å². The summed E-state index contributed by atoms with van der Waals surface area (Å²) < 4.78 is 20.0. The van der Waals surface area contributed by atoms with Crippen LogP contribution in [-0.2, 0) is 25.4 Å². The molecule has 23 heavy (non-hydrogen) atoms. The molecule has 0 saturated carbocycles. The molecule has 1 heterocycles. The molecule has 1 atom stereocenters. The number of rotatable bonds is 9. The molecule has 1 aliphatic heterocycles. The number of nitrogens with zero attached hydrogens (tertiary/aromatic N) is 1. The molecular weight excluding hydrogens is 306 g/mol. The maximum Gasteiger partial charge on any atom is 0.510 e. The minimum Gasteiger partial charge on any atom is -0.438 e. The van der Waals surface area contributed by atoms with E-state index < -0.39 is 16.9 Å². The molecule has 1 unspecified atom stereocenters. The van der Waals surface area contributed by atoms with E-state index in [9.17, 15) is 14.9 Å². The molecule has 1 aromatic carbocycles. The molecule has 0 aliphatic carbocycles. The molecule has 1 aliphatic rings. The average molecular weight is 325 g/mol. The third-order valence-electron chi connectivity index (χ3n) is 3.43. The lowest BCUT2D eigenvalue weighted by Crippen LogP contribution is -2.23. The summed E-state index contributed by atoms with van der Waals surface area (Å²) in [6.45, 7) is 1.32. The minimum absolute atomic E-state index is 0.0883. The number of hydrogen-bond acceptors (Lipinski definition) is 7. The van der Waals surface area contributed by atoms with Gasteiger partial charge in [-0.2, -0.15) is 0 Å². The number of ether oxygens (including phenoxy) is 4. The van der Waals surface area contributed by atoms with Crippen molar-refractivity contribution in [2.75, 3.05) is 26.9 Å². The van der Waals surface area contributed by atoms with Crippen LogP contribution in [0.5, 0.6) is 0 Å². The van der Waals surface area contributed by atoms with Crippen LogP contribution in [0.2, 0.25) is 0 Å². The first kappa shape index (κ1) is 17.2. The van der Waals surface area contributed by atoms with E-state index in [2.05, 4.69) is 4.74 Å². The lowest BCUT2D eigenvalue weighted by Gasteiger charge is -2.12. The quantitative estimate of drug-likeness (QED) is 0.226. The summed E-state index contributed by atoms with van der Waals surface area (Å²) in [5.41, 5.74) is 1.11. The fourth-order valence-corrected chi connectivity index (χ4v) is 2.02. The second-order valence-electron chi connectivity index (χ2n) is 5.15. The van der Waals surface area contributed by atoms with Crippen LogP contribution in [0.25, 0.3) is 0 Å². The van der Waals surface area contributed by atoms with Gasteiger partial charge in [-0.05, 0) is 18.4 Å². The molecule has 0 spiro atoms. The largest absolute Gasteiger partial charge is 0.510 e. The van der Waals surface area contributed by atoms with E-state index in [1.165, 1.54) is 19.2 Å². The van der Waals surface area contributed by atoms with Gasteiger partial charge in [0.05, 0.1) is 18.6 Å². The highest BCUT2D eigenvalue weighted by molar-refractivity contribution is 5.60. The fourth-order valence-electron chi connectivity index (χ4n) is 2.02. The number of carbonyl (C=O) groups excluding carboxylic acids is 1. The van der Waals surface area contributed by atoms with Crippen molar-refractivity contribution >= 4 is 11.8 Å². The Morgan fingerprint density at radius 3 is 2.61 bits per heavy atom. The molecule has 0 N–H and O–H groups in total. The molecule has 8 heteroatoms. The number of nitro groups is 1. The predicted molar refractivity (Wildman–Crippen MR) is 79.0 cm³/mol. The van der Waals surface area contributed by atoms with E-state index in [1.807, 2.05) is 0 Å². The van der Waals surface area contributed by atoms with Crippen LogP contribution in [0.1, 0.15) is 18.4 Å². The summed E-state index contributed by atoms with van der Waals surface area (Å²) in [7, 11) is 1.24. The topological polar surface area (TPSA) is 100 Å². The van der Waals surface area contributed by atoms with Gasteiger partial charge in [0.2, 0.25) is 5.79 Å². The molecular formula is C15H19NO7. The van der Waals surface area contributed by atoms with Gasteiger partial charge in [0.1, 0.15) is 6.61 Å². The third-order valence-corrected chi connectivity index (χ3v) is 3.43. The van der Waals surface area contributed by atoms with Crippen LogP contribution >= 0.6 is 0 Å². The maximum absolute atomic E-state index is 11.0. The molecule has 126 valence electrons. The second kappa shape index (κ2) is 7.89. The molecule has 0 radical (unpaired) electrons. The Kier molecular flexibility index (Phi) is 5.89. The van der Waals surface area contributed by atoms with Gasteiger partial charge in [-0.15, -0.1) is 0 Å². The van der Waals surface area contributed by atoms with Crippen LogP contribution in [0, 0.1) is 10.1 Å². The first-order valence-electron chi connectivity index (χ1n) is 7.27. The number of aryl methyl sites for hydroxylation is 1. The summed E-state index contributed by atoms with van der Waals surface area (Å²) in [5.74, 6) is -0.883. The number of hydrogen-bond donors (Lipinski definition) is 0. The first-order chi connectivity index (χ1) is 11.0. The third kappa shape index (κ3) is 5.50. The number of methoxy groups -OCH3 is 1. The zero-order valence-electron chi connectivity index (χ0n) is 12.9. The summed E-state index contributed by atoms with van der Waals surface area (Å²) >= 11 is 0. The van der Waals surface area contributed by atoms with Crippen molar-refractivity contribution in [3.8, 4) is 0 Å². The molecule has 1 aromatic rings. The smallest absolute Gasteiger partial charge is 0.438 e. The molecule has 1 saturated heterocycles. The van der Waals surface area contributed by atoms with Gasteiger partial charge in [-0.25, -0.2) is 4.79 Å². The molecule has 8 nitrogen and oxygen atoms in total. The normalized spacial score (nSPS) is 19.2. The molecule has 0 amide bonds. The monoisotopic (exact) mass is 325 g/mol. The lowest BCUT2D eigenvalue weighted by atomic mass is 10.1. The molecule has 0 aromatic heterocycles. The Morgan fingerprint density at radius 1 is 1.35 bits per heavy atom. The first-order valence-corrected chi connectivity index (χ1v) is 7.27. The Morgan fingerprint density at radius 2 is 2.04 bits per heavy atom. The lowest BCUT2D eigenvalue weighted by molar-refractivity contribution is -0.384. The highest BCUT2D eigenvalue weighted by atomic mass is 16.8. The molecule has 0 bridgehead atoms. The average Bonchev–Trinajstić information content (AvgIpc) is 3.30. The maximum atomic E-state index is 11.0. The zero-order chi connectivity index (χ0) is 16.7. The minimum atomic E-state index is -0.883. The van der Waals surface area contributed by atoms with Crippen molar-refractivity contribution in [1.29, 1.82) is 0 Å². The summed E-state index contributed by atoms with van der Waals surface area (Å²) in [6.07, 6.45) is 1.27. The van der Waals surface area contributed by atoms with Crippen molar-refractivity contribution in [3.05, 3.63) is 39.9 Å². The summed E-state index contributed by atoms with van der Waals surface area (Å²) in [6, 6.07) is 6.48. The van der Waals surface area contributed by atoms with E-state index in [1.54, 1.807) is 12.1 Å². The zero-order valence-corrected chi connectivity index (χ0v) is 12.9. The second-order valence-corrected chi connectivity index (χ2v) is 5.15. The van der Waals surface area contributed by atoms with Gasteiger partial charge in [0.15, 0.2) is 0 Å². The molecule has 1 fully saturated rings. The van der Waals surface area contributed by atoms with Crippen molar-refractivity contribution in [2.24, 2.45) is 0 Å². The van der Waals surface area contributed by atoms with Gasteiger partial charge in [-0.3, -0.25) is 10.1 Å². The van der Waals surface area contributed by atoms with E-state index in [-0.39, 0.29) is 5.69 Å². The van der Waals surface area contributed by atoms with Crippen LogP contribution in [0.4, 0.5) is 10.5 Å². The van der Waals surface area contributed by atoms with Crippen LogP contribution in [-0.4, -0.2) is 43.8 Å². The Hall–Kier alpha value is -2.19. The highest BCUT2D eigenvalue weighted by Gasteiger charge is 2.49. The van der Waals surface area contributed by atoms with Crippen molar-refractivity contribution in [3.63, 3.8) is 0 Å². The van der Waals surface area contributed by atoms with Crippen LogP contribution < -0.4 is 0 Å². The Balaban J connectivity index is 1.57. The number of non-ortho nitro benzene ring substituents is 1. The van der Waals surface area contributed by atoms with Gasteiger partial charge >= 0.3 is 6.16 Å². The van der Waals surface area contributed by atoms with Crippen molar-refractivity contribution in [2.45, 2.75) is 25.0 Å². The van der Waals surface area contributed by atoms with Crippen molar-refractivity contribution in [1.82, 2.24) is 0 Å². The Bertz CT molecular complexity index is 539. The standard InChI is InChI=1S/C15H19NO7/c1-20-14(17)23-15(11-22-15)8-10-21-9-2-3-12-4-6-13(7-5-12)16(18)19/h4-7H,2-3,8-11H2,1H3. The SMILES string of the molecule is COC(=O)OC1(CCOCCCc2ccc([N+](=O)[O-])cc2)CO1. The number of benzene rings is 1. The van der Waals surface area contributed by atoms with E-state index in [0.717, 1.165) is 18.4 Å². The van der Waals surface area contributed by atoms with Gasteiger partial charge in [-0.1, -0.05) is 12.1 Å². The Labute approximate surface area is 133 Å². The molecule has 2 rings (SSSR count). The summed E-state index contributed by atoms with van der Waals surface area (Å²) in [5, 5.41) is 10.6. The predicted octanol–water partition coefficient (Wildman–Crippen LogP) is 2.44. The van der Waals surface area contributed by atoms with Gasteiger partial charge in [0, 0.05) is 25.2 Å². The van der Waals surface area contributed by atoms with Crippen molar-refractivity contribution < 1.29 is 28.7 Å². The van der Waals surface area contributed by atoms with E-state index >= 15 is 0 Å². The van der Waals surface area contributed by atoms with Crippen LogP contribution in [0.3, 0.4) is 0 Å². The van der Waals surface area contributed by atoms with Gasteiger partial charge in [0.25, 0.3) is 5.69 Å². The number of epoxide rings is 1. The highest BCUT2D eigenvalue weighted by Crippen LogP contribution is 2.32. The fraction of sp³-hybridized carbons (Fsp3) is 0.533.